The first-order valence-corrected chi connectivity index (χ1v) is 15.3. The van der Waals surface area contributed by atoms with Crippen molar-refractivity contribution >= 4 is 38.0 Å². The Hall–Kier alpha value is -4.43. The second kappa shape index (κ2) is 13.3. The minimum atomic E-state index is -4.78. The lowest BCUT2D eigenvalue weighted by Crippen LogP contribution is -2.35. The number of benzene rings is 2. The molecular formula is C29H26F3N3O6S2. The van der Waals surface area contributed by atoms with Crippen LogP contribution in [0, 0.1) is 0 Å². The Bertz CT molecular complexity index is 1690. The highest BCUT2D eigenvalue weighted by Gasteiger charge is 2.31. The van der Waals surface area contributed by atoms with Crippen molar-refractivity contribution < 1.29 is 40.7 Å². The van der Waals surface area contributed by atoms with Crippen LogP contribution in [-0.2, 0) is 26.0 Å². The number of alkyl halides is 3. The van der Waals surface area contributed by atoms with Gasteiger partial charge in [-0.15, -0.1) is 24.5 Å². The van der Waals surface area contributed by atoms with Gasteiger partial charge in [0.05, 0.1) is 15.6 Å². The molecule has 0 fully saturated rings. The smallest absolute Gasteiger partial charge is 0.472 e. The molecule has 2 aromatic carbocycles. The number of hydrogen-bond donors (Lipinski definition) is 2. The van der Waals surface area contributed by atoms with Crippen LogP contribution in [0.15, 0.2) is 83.2 Å². The van der Waals surface area contributed by atoms with Gasteiger partial charge in [0.15, 0.2) is 9.84 Å². The standard InChI is InChI=1S/C29H26F3N3O6S2/c1-3-43(38,39)23-12-8-20(9-13-23)26(34-18(2)36)27(37)35-25-15-21(17-42-25)24-5-4-14-33-28(24)40-16-19-6-10-22(11-7-19)41-29(30,31)32/h4-15,17,26H,3,16H2,1-2H3,(H,34,36)(H,35,37)/t26-/m0/s1. The Labute approximate surface area is 249 Å². The summed E-state index contributed by atoms with van der Waals surface area (Å²) in [6, 6.07) is 15.1. The van der Waals surface area contributed by atoms with Crippen molar-refractivity contribution in [1.82, 2.24) is 10.3 Å². The van der Waals surface area contributed by atoms with E-state index in [9.17, 15) is 31.2 Å². The number of thiophene rings is 1. The molecule has 0 saturated heterocycles. The summed E-state index contributed by atoms with van der Waals surface area (Å²) in [4.78, 5) is 29.5. The minimum absolute atomic E-state index is 0.0286. The van der Waals surface area contributed by atoms with Gasteiger partial charge in [-0.25, -0.2) is 13.4 Å². The van der Waals surface area contributed by atoms with E-state index in [-0.39, 0.29) is 28.9 Å². The number of rotatable bonds is 11. The highest BCUT2D eigenvalue weighted by molar-refractivity contribution is 7.91. The maximum atomic E-state index is 13.2. The van der Waals surface area contributed by atoms with Crippen LogP contribution in [0.5, 0.6) is 11.6 Å². The van der Waals surface area contributed by atoms with Crippen LogP contribution in [-0.4, -0.2) is 37.3 Å². The number of pyridine rings is 1. The minimum Gasteiger partial charge on any atom is -0.472 e. The van der Waals surface area contributed by atoms with Crippen LogP contribution >= 0.6 is 11.3 Å². The number of anilines is 1. The summed E-state index contributed by atoms with van der Waals surface area (Å²) in [6.07, 6.45) is -3.25. The third-order valence-corrected chi connectivity index (χ3v) is 8.62. The number of aromatic nitrogens is 1. The molecule has 0 spiro atoms. The molecule has 4 aromatic rings. The molecule has 0 aliphatic rings. The second-order valence-electron chi connectivity index (χ2n) is 9.13. The largest absolute Gasteiger partial charge is 0.573 e. The molecule has 0 saturated carbocycles. The number of carbonyl (C=O) groups excluding carboxylic acids is 2. The van der Waals surface area contributed by atoms with E-state index in [1.54, 1.807) is 23.6 Å². The third-order valence-electron chi connectivity index (χ3n) is 6.02. The molecule has 2 aromatic heterocycles. The number of halogens is 3. The van der Waals surface area contributed by atoms with Crippen LogP contribution in [0.25, 0.3) is 11.1 Å². The molecule has 2 N–H and O–H groups in total. The molecule has 2 heterocycles. The van der Waals surface area contributed by atoms with Crippen LogP contribution in [0.1, 0.15) is 31.0 Å². The van der Waals surface area contributed by atoms with Crippen molar-refractivity contribution in [3.63, 3.8) is 0 Å². The molecular weight excluding hydrogens is 607 g/mol. The number of carbonyl (C=O) groups is 2. The highest BCUT2D eigenvalue weighted by atomic mass is 32.2. The summed E-state index contributed by atoms with van der Waals surface area (Å²) < 4.78 is 71.2. The van der Waals surface area contributed by atoms with E-state index in [1.807, 2.05) is 0 Å². The number of nitrogens with zero attached hydrogens (tertiary/aromatic N) is 1. The molecule has 1 atom stereocenters. The first kappa shape index (κ1) is 31.5. The first-order valence-electron chi connectivity index (χ1n) is 12.8. The van der Waals surface area contributed by atoms with Crippen molar-refractivity contribution in [1.29, 1.82) is 0 Å². The number of ether oxygens (including phenoxy) is 2. The molecule has 0 aliphatic heterocycles. The predicted molar refractivity (Wildman–Crippen MR) is 154 cm³/mol. The van der Waals surface area contributed by atoms with Gasteiger partial charge >= 0.3 is 6.36 Å². The van der Waals surface area contributed by atoms with Crippen molar-refractivity contribution in [3.8, 4) is 22.8 Å². The summed E-state index contributed by atoms with van der Waals surface area (Å²) >= 11 is 1.23. The van der Waals surface area contributed by atoms with E-state index >= 15 is 0 Å². The lowest BCUT2D eigenvalue weighted by Gasteiger charge is -2.18. The summed E-state index contributed by atoms with van der Waals surface area (Å²) in [5.41, 5.74) is 2.29. The fourth-order valence-corrected chi connectivity index (χ4v) is 5.63. The van der Waals surface area contributed by atoms with Gasteiger partial charge in [0, 0.05) is 24.1 Å². The Kier molecular flexibility index (Phi) is 9.71. The highest BCUT2D eigenvalue weighted by Crippen LogP contribution is 2.35. The zero-order valence-corrected chi connectivity index (χ0v) is 24.5. The fraction of sp³-hybridized carbons (Fsp3) is 0.207. The van der Waals surface area contributed by atoms with E-state index in [0.717, 1.165) is 0 Å². The monoisotopic (exact) mass is 633 g/mol. The van der Waals surface area contributed by atoms with Gasteiger partial charge in [0.1, 0.15) is 18.4 Å². The van der Waals surface area contributed by atoms with Crippen molar-refractivity contribution in [2.24, 2.45) is 0 Å². The quantitative estimate of drug-likeness (QED) is 0.211. The number of sulfone groups is 1. The summed E-state index contributed by atoms with van der Waals surface area (Å²) in [5.74, 6) is -1.12. The van der Waals surface area contributed by atoms with Gasteiger partial charge < -0.3 is 20.1 Å². The Balaban J connectivity index is 1.47. The molecule has 226 valence electrons. The maximum absolute atomic E-state index is 13.2. The number of hydrogen-bond acceptors (Lipinski definition) is 8. The number of amides is 2. The van der Waals surface area contributed by atoms with Gasteiger partial charge in [-0.2, -0.15) is 0 Å². The van der Waals surface area contributed by atoms with E-state index < -0.39 is 34.1 Å². The van der Waals surface area contributed by atoms with Crippen molar-refractivity contribution in [2.45, 2.75) is 37.8 Å². The first-order chi connectivity index (χ1) is 20.3. The van der Waals surface area contributed by atoms with Gasteiger partial charge in [-0.3, -0.25) is 9.59 Å². The molecule has 43 heavy (non-hydrogen) atoms. The molecule has 9 nitrogen and oxygen atoms in total. The van der Waals surface area contributed by atoms with Gasteiger partial charge in [-0.1, -0.05) is 31.2 Å². The average molecular weight is 634 g/mol. The fourth-order valence-electron chi connectivity index (χ4n) is 3.94. The van der Waals surface area contributed by atoms with Gasteiger partial charge in [0.2, 0.25) is 11.8 Å². The maximum Gasteiger partial charge on any atom is 0.573 e. The Morgan fingerprint density at radius 2 is 1.74 bits per heavy atom. The van der Waals surface area contributed by atoms with Crippen molar-refractivity contribution in [3.05, 3.63) is 89.4 Å². The zero-order valence-electron chi connectivity index (χ0n) is 22.8. The second-order valence-corrected chi connectivity index (χ2v) is 12.3. The molecule has 2 amide bonds. The van der Waals surface area contributed by atoms with E-state index in [4.69, 9.17) is 4.74 Å². The number of nitrogens with one attached hydrogen (secondary N) is 2. The molecule has 0 bridgehead atoms. The molecule has 0 aliphatic carbocycles. The van der Waals surface area contributed by atoms with E-state index in [2.05, 4.69) is 20.4 Å². The Morgan fingerprint density at radius 3 is 2.37 bits per heavy atom. The topological polar surface area (TPSA) is 124 Å². The van der Waals surface area contributed by atoms with Crippen molar-refractivity contribution in [2.75, 3.05) is 11.1 Å². The Morgan fingerprint density at radius 1 is 1.05 bits per heavy atom. The van der Waals surface area contributed by atoms with Gasteiger partial charge in [-0.05, 0) is 59.2 Å². The lowest BCUT2D eigenvalue weighted by molar-refractivity contribution is -0.274. The molecule has 4 rings (SSSR count). The summed E-state index contributed by atoms with van der Waals surface area (Å²) in [5, 5.41) is 7.62. The zero-order chi connectivity index (χ0) is 31.2. The predicted octanol–water partition coefficient (Wildman–Crippen LogP) is 5.90. The third kappa shape index (κ3) is 8.55. The molecule has 14 heteroatoms. The van der Waals surface area contributed by atoms with E-state index in [1.165, 1.54) is 79.9 Å². The SMILES string of the molecule is CCS(=O)(=O)c1ccc([C@H](NC(C)=O)C(=O)Nc2cc(-c3cccnc3OCc3ccc(OC(F)(F)F)cc3)cs2)cc1. The average Bonchev–Trinajstić information content (AvgIpc) is 3.43. The van der Waals surface area contributed by atoms with Gasteiger partial charge in [0.25, 0.3) is 5.91 Å². The lowest BCUT2D eigenvalue weighted by atomic mass is 10.1. The van der Waals surface area contributed by atoms with E-state index in [0.29, 0.717) is 27.3 Å². The summed E-state index contributed by atoms with van der Waals surface area (Å²) in [7, 11) is -3.43. The molecule has 0 radical (unpaired) electrons. The normalized spacial score (nSPS) is 12.3. The summed E-state index contributed by atoms with van der Waals surface area (Å²) in [6.45, 7) is 2.83. The van der Waals surface area contributed by atoms with Crippen LogP contribution < -0.4 is 20.1 Å². The molecule has 0 unspecified atom stereocenters. The van der Waals surface area contributed by atoms with Crippen LogP contribution in [0.4, 0.5) is 18.2 Å². The van der Waals surface area contributed by atoms with Crippen LogP contribution in [0.2, 0.25) is 0 Å². The van der Waals surface area contributed by atoms with Crippen LogP contribution in [0.3, 0.4) is 0 Å².